The third-order valence-electron chi connectivity index (χ3n) is 2.05. The van der Waals surface area contributed by atoms with Crippen molar-refractivity contribution in [1.29, 1.82) is 5.26 Å². The van der Waals surface area contributed by atoms with E-state index in [1.54, 1.807) is 24.7 Å². The topological polar surface area (TPSA) is 90.3 Å². The molecule has 0 aliphatic rings. The number of nitrogens with zero attached hydrogens (tertiary/aromatic N) is 4. The van der Waals surface area contributed by atoms with Gasteiger partial charge in [-0.25, -0.2) is 15.0 Å². The molecular weight excluding hydrogens is 204 g/mol. The Morgan fingerprint density at radius 1 is 1.44 bits per heavy atom. The smallest absolute Gasteiger partial charge is 0.224 e. The summed E-state index contributed by atoms with van der Waals surface area (Å²) in [4.78, 5) is 15.1. The van der Waals surface area contributed by atoms with Gasteiger partial charge in [0.15, 0.2) is 0 Å². The molecule has 0 aliphatic heterocycles. The van der Waals surface area contributed by atoms with Gasteiger partial charge in [0.05, 0.1) is 6.04 Å². The standard InChI is InChI=1S/C10H10N6/c1-7(9-12-4-5-13-9)15-10-14-3-2-8(6-11)16-10/h2-5,7H,1H3,(H,12,13)(H,14,15,16). The van der Waals surface area contributed by atoms with Gasteiger partial charge in [0.2, 0.25) is 5.95 Å². The minimum absolute atomic E-state index is 0.0380. The van der Waals surface area contributed by atoms with Gasteiger partial charge in [-0.05, 0) is 13.0 Å². The molecule has 0 aromatic carbocycles. The first-order chi connectivity index (χ1) is 7.79. The van der Waals surface area contributed by atoms with Crippen LogP contribution in [0.5, 0.6) is 0 Å². The van der Waals surface area contributed by atoms with Gasteiger partial charge in [-0.2, -0.15) is 5.26 Å². The molecule has 2 rings (SSSR count). The van der Waals surface area contributed by atoms with Crippen molar-refractivity contribution in [1.82, 2.24) is 19.9 Å². The maximum Gasteiger partial charge on any atom is 0.224 e. The van der Waals surface area contributed by atoms with Crippen LogP contribution < -0.4 is 5.32 Å². The molecule has 1 atom stereocenters. The van der Waals surface area contributed by atoms with Gasteiger partial charge in [-0.15, -0.1) is 0 Å². The lowest BCUT2D eigenvalue weighted by Gasteiger charge is -2.10. The molecule has 0 fully saturated rings. The van der Waals surface area contributed by atoms with Gasteiger partial charge < -0.3 is 10.3 Å². The first kappa shape index (κ1) is 10.1. The summed E-state index contributed by atoms with van der Waals surface area (Å²) < 4.78 is 0. The van der Waals surface area contributed by atoms with Gasteiger partial charge >= 0.3 is 0 Å². The minimum atomic E-state index is -0.0380. The molecule has 80 valence electrons. The fraction of sp³-hybridized carbons (Fsp3) is 0.200. The number of anilines is 1. The predicted octanol–water partition coefficient (Wildman–Crippen LogP) is 1.24. The zero-order valence-electron chi connectivity index (χ0n) is 8.68. The van der Waals surface area contributed by atoms with Crippen molar-refractivity contribution in [3.63, 3.8) is 0 Å². The van der Waals surface area contributed by atoms with Crippen molar-refractivity contribution in [2.24, 2.45) is 0 Å². The zero-order valence-corrected chi connectivity index (χ0v) is 8.68. The third kappa shape index (κ3) is 2.15. The van der Waals surface area contributed by atoms with Gasteiger partial charge in [-0.1, -0.05) is 0 Å². The molecular formula is C10H10N6. The van der Waals surface area contributed by atoms with E-state index in [2.05, 4.69) is 25.3 Å². The van der Waals surface area contributed by atoms with Crippen LogP contribution in [0.15, 0.2) is 24.7 Å². The van der Waals surface area contributed by atoms with Crippen molar-refractivity contribution in [3.8, 4) is 6.07 Å². The van der Waals surface area contributed by atoms with E-state index in [1.165, 1.54) is 0 Å². The number of nitriles is 1. The van der Waals surface area contributed by atoms with Crippen LogP contribution in [0.3, 0.4) is 0 Å². The molecule has 2 heterocycles. The van der Waals surface area contributed by atoms with Crippen molar-refractivity contribution in [2.75, 3.05) is 5.32 Å². The third-order valence-corrected chi connectivity index (χ3v) is 2.05. The Hall–Kier alpha value is -2.42. The summed E-state index contributed by atoms with van der Waals surface area (Å²) in [6.45, 7) is 1.93. The SMILES string of the molecule is CC(Nc1nccc(C#N)n1)c1ncc[nH]1. The van der Waals surface area contributed by atoms with Crippen molar-refractivity contribution >= 4 is 5.95 Å². The number of hydrogen-bond acceptors (Lipinski definition) is 5. The van der Waals surface area contributed by atoms with Gasteiger partial charge in [0.1, 0.15) is 17.6 Å². The quantitative estimate of drug-likeness (QED) is 0.802. The highest BCUT2D eigenvalue weighted by molar-refractivity contribution is 5.31. The van der Waals surface area contributed by atoms with Crippen molar-refractivity contribution < 1.29 is 0 Å². The molecule has 2 N–H and O–H groups in total. The second-order valence-corrected chi connectivity index (χ2v) is 3.22. The van der Waals surface area contributed by atoms with Gasteiger partial charge in [-0.3, -0.25) is 0 Å². The number of nitrogens with one attached hydrogen (secondary N) is 2. The number of hydrogen-bond donors (Lipinski definition) is 2. The summed E-state index contributed by atoms with van der Waals surface area (Å²) in [5.74, 6) is 1.22. The Bertz CT molecular complexity index is 498. The van der Waals surface area contributed by atoms with E-state index >= 15 is 0 Å². The number of aromatic amines is 1. The van der Waals surface area contributed by atoms with E-state index in [0.717, 1.165) is 5.82 Å². The van der Waals surface area contributed by atoms with E-state index in [1.807, 2.05) is 13.0 Å². The molecule has 0 aliphatic carbocycles. The molecule has 2 aromatic heterocycles. The normalized spacial score (nSPS) is 11.8. The summed E-state index contributed by atoms with van der Waals surface area (Å²) in [6.07, 6.45) is 4.98. The molecule has 6 nitrogen and oxygen atoms in total. The van der Waals surface area contributed by atoms with Crippen LogP contribution in [-0.2, 0) is 0 Å². The lowest BCUT2D eigenvalue weighted by Crippen LogP contribution is -2.11. The minimum Gasteiger partial charge on any atom is -0.347 e. The fourth-order valence-corrected chi connectivity index (χ4v) is 1.27. The first-order valence-corrected chi connectivity index (χ1v) is 4.78. The molecule has 0 saturated carbocycles. The van der Waals surface area contributed by atoms with Gasteiger partial charge in [0.25, 0.3) is 0 Å². The van der Waals surface area contributed by atoms with Crippen LogP contribution in [0.25, 0.3) is 0 Å². The van der Waals surface area contributed by atoms with Crippen LogP contribution in [-0.4, -0.2) is 19.9 Å². The summed E-state index contributed by atoms with van der Waals surface area (Å²) in [6, 6.07) is 3.48. The Balaban J connectivity index is 2.12. The number of imidazole rings is 1. The molecule has 0 radical (unpaired) electrons. The van der Waals surface area contributed by atoms with Crippen LogP contribution in [0.2, 0.25) is 0 Å². The molecule has 0 bridgehead atoms. The Morgan fingerprint density at radius 2 is 2.31 bits per heavy atom. The number of rotatable bonds is 3. The van der Waals surface area contributed by atoms with Crippen molar-refractivity contribution in [2.45, 2.75) is 13.0 Å². The van der Waals surface area contributed by atoms with E-state index in [-0.39, 0.29) is 6.04 Å². The summed E-state index contributed by atoms with van der Waals surface area (Å²) in [7, 11) is 0. The highest BCUT2D eigenvalue weighted by atomic mass is 15.1. The van der Waals surface area contributed by atoms with E-state index in [0.29, 0.717) is 11.6 Å². The summed E-state index contributed by atoms with van der Waals surface area (Å²) in [5, 5.41) is 11.7. The van der Waals surface area contributed by atoms with Crippen LogP contribution in [0.4, 0.5) is 5.95 Å². The van der Waals surface area contributed by atoms with Crippen LogP contribution >= 0.6 is 0 Å². The Labute approximate surface area is 92.4 Å². The summed E-state index contributed by atoms with van der Waals surface area (Å²) >= 11 is 0. The maximum atomic E-state index is 8.69. The second kappa shape index (κ2) is 4.40. The first-order valence-electron chi connectivity index (χ1n) is 4.78. The Morgan fingerprint density at radius 3 is 3.00 bits per heavy atom. The number of H-pyrrole nitrogens is 1. The zero-order chi connectivity index (χ0) is 11.4. The van der Waals surface area contributed by atoms with E-state index in [9.17, 15) is 0 Å². The molecule has 0 saturated heterocycles. The molecule has 16 heavy (non-hydrogen) atoms. The van der Waals surface area contributed by atoms with Crippen molar-refractivity contribution in [3.05, 3.63) is 36.2 Å². The highest BCUT2D eigenvalue weighted by Crippen LogP contribution is 2.11. The monoisotopic (exact) mass is 214 g/mol. The molecule has 6 heteroatoms. The molecule has 0 spiro atoms. The largest absolute Gasteiger partial charge is 0.347 e. The van der Waals surface area contributed by atoms with Gasteiger partial charge in [0, 0.05) is 18.6 Å². The summed E-state index contributed by atoms with van der Waals surface area (Å²) in [5.41, 5.74) is 0.337. The lowest BCUT2D eigenvalue weighted by molar-refractivity contribution is 0.794. The van der Waals surface area contributed by atoms with Crippen LogP contribution in [0, 0.1) is 11.3 Å². The predicted molar refractivity (Wildman–Crippen MR) is 57.4 cm³/mol. The Kier molecular flexibility index (Phi) is 2.78. The van der Waals surface area contributed by atoms with E-state index in [4.69, 9.17) is 5.26 Å². The average Bonchev–Trinajstić information content (AvgIpc) is 2.83. The van der Waals surface area contributed by atoms with E-state index < -0.39 is 0 Å². The fourth-order valence-electron chi connectivity index (χ4n) is 1.27. The second-order valence-electron chi connectivity index (χ2n) is 3.22. The molecule has 2 aromatic rings. The average molecular weight is 214 g/mol. The number of aromatic nitrogens is 4. The lowest BCUT2D eigenvalue weighted by atomic mass is 10.3. The molecule has 1 unspecified atom stereocenters. The molecule has 0 amide bonds. The highest BCUT2D eigenvalue weighted by Gasteiger charge is 2.08. The van der Waals surface area contributed by atoms with Crippen LogP contribution in [0.1, 0.15) is 24.5 Å². The maximum absolute atomic E-state index is 8.69.